The van der Waals surface area contributed by atoms with Crippen molar-refractivity contribution in [2.24, 2.45) is 4.99 Å². The number of aryl methyl sites for hydroxylation is 1. The molecule has 192 valence electrons. The number of hydrogen-bond donors (Lipinski definition) is 2. The third kappa shape index (κ3) is 5.58. The summed E-state index contributed by atoms with van der Waals surface area (Å²) in [4.78, 5) is 35.2. The van der Waals surface area contributed by atoms with Crippen molar-refractivity contribution in [3.05, 3.63) is 63.2 Å². The Morgan fingerprint density at radius 1 is 1.39 bits per heavy atom. The van der Waals surface area contributed by atoms with Crippen LogP contribution in [0.15, 0.2) is 49.7 Å². The van der Waals surface area contributed by atoms with Gasteiger partial charge in [0.15, 0.2) is 18.5 Å². The van der Waals surface area contributed by atoms with Gasteiger partial charge in [0.1, 0.15) is 23.3 Å². The molecule has 0 aliphatic carbocycles. The lowest BCUT2D eigenvalue weighted by atomic mass is 9.95. The van der Waals surface area contributed by atoms with Gasteiger partial charge in [-0.05, 0) is 31.5 Å². The SMILES string of the molecule is CCOC(=O)C1=C(CN2CCOC[C@@H]2OC(=O)O)NC(c2ncoc2C)=N[C@H]1c1ccc(F)cc1Br. The van der Waals surface area contributed by atoms with Gasteiger partial charge < -0.3 is 29.1 Å². The van der Waals surface area contributed by atoms with Crippen molar-refractivity contribution >= 4 is 33.9 Å². The minimum absolute atomic E-state index is 0.0323. The highest BCUT2D eigenvalue weighted by Crippen LogP contribution is 2.37. The van der Waals surface area contributed by atoms with Crippen LogP contribution in [0.2, 0.25) is 0 Å². The van der Waals surface area contributed by atoms with E-state index in [2.05, 4.69) is 26.2 Å². The van der Waals surface area contributed by atoms with Crippen LogP contribution in [0.25, 0.3) is 0 Å². The Balaban J connectivity index is 1.83. The summed E-state index contributed by atoms with van der Waals surface area (Å²) in [6.45, 7) is 4.33. The van der Waals surface area contributed by atoms with Crippen molar-refractivity contribution in [2.45, 2.75) is 26.1 Å². The molecular formula is C23H24BrFN4O7. The van der Waals surface area contributed by atoms with Crippen LogP contribution in [0.1, 0.15) is 30.0 Å². The predicted molar refractivity (Wildman–Crippen MR) is 127 cm³/mol. The molecule has 11 nitrogen and oxygen atoms in total. The molecule has 0 amide bonds. The zero-order valence-corrected chi connectivity index (χ0v) is 21.1. The molecule has 1 aromatic heterocycles. The molecule has 36 heavy (non-hydrogen) atoms. The molecule has 2 N–H and O–H groups in total. The molecule has 2 atom stereocenters. The fourth-order valence-electron chi connectivity index (χ4n) is 4.00. The van der Waals surface area contributed by atoms with Gasteiger partial charge in [0.25, 0.3) is 0 Å². The molecule has 1 aromatic carbocycles. The lowest BCUT2D eigenvalue weighted by Crippen LogP contribution is -2.50. The third-order valence-electron chi connectivity index (χ3n) is 5.64. The van der Waals surface area contributed by atoms with Crippen molar-refractivity contribution in [2.75, 3.05) is 32.9 Å². The average Bonchev–Trinajstić information content (AvgIpc) is 3.25. The van der Waals surface area contributed by atoms with Crippen molar-refractivity contribution in [3.8, 4) is 0 Å². The summed E-state index contributed by atoms with van der Waals surface area (Å²) in [6.07, 6.45) is -1.05. The maximum Gasteiger partial charge on any atom is 0.507 e. The van der Waals surface area contributed by atoms with Gasteiger partial charge in [-0.1, -0.05) is 22.0 Å². The number of rotatable bonds is 7. The van der Waals surface area contributed by atoms with Crippen LogP contribution >= 0.6 is 15.9 Å². The van der Waals surface area contributed by atoms with Gasteiger partial charge in [-0.2, -0.15) is 0 Å². The first-order valence-electron chi connectivity index (χ1n) is 11.1. The fourth-order valence-corrected chi connectivity index (χ4v) is 4.56. The molecule has 2 aliphatic heterocycles. The summed E-state index contributed by atoms with van der Waals surface area (Å²) in [5.74, 6) is -0.255. The van der Waals surface area contributed by atoms with Crippen LogP contribution in [0, 0.1) is 12.7 Å². The number of ether oxygens (including phenoxy) is 3. The van der Waals surface area contributed by atoms with Gasteiger partial charge in [0, 0.05) is 23.3 Å². The molecule has 0 spiro atoms. The predicted octanol–water partition coefficient (Wildman–Crippen LogP) is 3.15. The second-order valence-electron chi connectivity index (χ2n) is 7.92. The summed E-state index contributed by atoms with van der Waals surface area (Å²) in [5, 5.41) is 12.3. The van der Waals surface area contributed by atoms with Crippen LogP contribution in [0.4, 0.5) is 9.18 Å². The second kappa shape index (κ2) is 11.2. The molecule has 2 aliphatic rings. The molecule has 0 radical (unpaired) electrons. The van der Waals surface area contributed by atoms with E-state index in [1.54, 1.807) is 18.7 Å². The van der Waals surface area contributed by atoms with Crippen molar-refractivity contribution in [3.63, 3.8) is 0 Å². The minimum atomic E-state index is -1.44. The van der Waals surface area contributed by atoms with E-state index in [9.17, 15) is 14.0 Å². The van der Waals surface area contributed by atoms with Gasteiger partial charge >= 0.3 is 12.1 Å². The lowest BCUT2D eigenvalue weighted by molar-refractivity contribution is -0.139. The Morgan fingerprint density at radius 3 is 2.86 bits per heavy atom. The number of esters is 1. The Morgan fingerprint density at radius 2 is 2.19 bits per heavy atom. The fraction of sp³-hybridized carbons (Fsp3) is 0.391. The summed E-state index contributed by atoms with van der Waals surface area (Å²) < 4.78 is 35.4. The Bertz CT molecular complexity index is 1210. The number of oxazole rings is 1. The molecule has 0 saturated carbocycles. The molecule has 2 aromatic rings. The largest absolute Gasteiger partial charge is 0.507 e. The zero-order chi connectivity index (χ0) is 25.8. The Kier molecular flexibility index (Phi) is 8.01. The molecule has 1 fully saturated rings. The first kappa shape index (κ1) is 25.8. The third-order valence-corrected chi connectivity index (χ3v) is 6.32. The number of aromatic nitrogens is 1. The van der Waals surface area contributed by atoms with Gasteiger partial charge in [0.2, 0.25) is 0 Å². The Hall–Kier alpha value is -3.29. The van der Waals surface area contributed by atoms with E-state index in [0.29, 0.717) is 46.2 Å². The van der Waals surface area contributed by atoms with E-state index in [4.69, 9.17) is 28.7 Å². The Labute approximate surface area is 214 Å². The molecule has 4 rings (SSSR count). The highest BCUT2D eigenvalue weighted by atomic mass is 79.9. The van der Waals surface area contributed by atoms with E-state index >= 15 is 0 Å². The van der Waals surface area contributed by atoms with Gasteiger partial charge in [-0.25, -0.2) is 19.0 Å². The number of morpholine rings is 1. The van der Waals surface area contributed by atoms with Crippen LogP contribution in [0.5, 0.6) is 0 Å². The first-order chi connectivity index (χ1) is 17.3. The quantitative estimate of drug-likeness (QED) is 0.481. The summed E-state index contributed by atoms with van der Waals surface area (Å²) in [7, 11) is 0. The second-order valence-corrected chi connectivity index (χ2v) is 8.78. The average molecular weight is 567 g/mol. The minimum Gasteiger partial charge on any atom is -0.463 e. The molecule has 0 bridgehead atoms. The summed E-state index contributed by atoms with van der Waals surface area (Å²) in [6, 6.07) is 3.21. The first-order valence-corrected chi connectivity index (χ1v) is 11.9. The van der Waals surface area contributed by atoms with Gasteiger partial charge in [-0.3, -0.25) is 9.89 Å². The molecule has 1 saturated heterocycles. The standard InChI is InChI=1S/C23H24BrFN4O7/c1-3-34-22(30)18-16(9-29-6-7-33-10-17(29)36-23(31)32)27-21(19-12(2)35-11-26-19)28-20(18)14-5-4-13(25)8-15(14)24/h4-5,8,11,17,20H,3,6-7,9-10H2,1-2H3,(H,27,28)(H,31,32)/t17-,20-/m0/s1. The summed E-state index contributed by atoms with van der Waals surface area (Å²) in [5.41, 5.74) is 1.55. The normalized spacial score (nSPS) is 20.5. The number of hydrogen-bond acceptors (Lipinski definition) is 10. The molecular weight excluding hydrogens is 543 g/mol. The highest BCUT2D eigenvalue weighted by Gasteiger charge is 2.37. The van der Waals surface area contributed by atoms with E-state index in [1.807, 2.05) is 0 Å². The van der Waals surface area contributed by atoms with E-state index < -0.39 is 30.2 Å². The number of aliphatic imine (C=N–C) groups is 1. The van der Waals surface area contributed by atoms with Crippen molar-refractivity contribution in [1.82, 2.24) is 15.2 Å². The molecule has 3 heterocycles. The van der Waals surface area contributed by atoms with Gasteiger partial charge in [-0.15, -0.1) is 0 Å². The number of carbonyl (C=O) groups is 2. The molecule has 13 heteroatoms. The van der Waals surface area contributed by atoms with Crippen LogP contribution in [0.3, 0.4) is 0 Å². The number of nitrogens with zero attached hydrogens (tertiary/aromatic N) is 3. The van der Waals surface area contributed by atoms with Crippen molar-refractivity contribution < 1.29 is 37.7 Å². The van der Waals surface area contributed by atoms with E-state index in [-0.39, 0.29) is 25.3 Å². The van der Waals surface area contributed by atoms with E-state index in [0.717, 1.165) is 0 Å². The van der Waals surface area contributed by atoms with E-state index in [1.165, 1.54) is 24.6 Å². The summed E-state index contributed by atoms with van der Waals surface area (Å²) >= 11 is 3.39. The van der Waals surface area contributed by atoms with Crippen LogP contribution in [-0.2, 0) is 19.0 Å². The molecule has 0 unspecified atom stereocenters. The van der Waals surface area contributed by atoms with Crippen molar-refractivity contribution in [1.29, 1.82) is 0 Å². The van der Waals surface area contributed by atoms with Crippen LogP contribution in [-0.4, -0.2) is 72.1 Å². The number of halogens is 2. The number of nitrogens with one attached hydrogen (secondary N) is 1. The lowest BCUT2D eigenvalue weighted by Gasteiger charge is -2.36. The van der Waals surface area contributed by atoms with Gasteiger partial charge in [0.05, 0.1) is 25.4 Å². The maximum absolute atomic E-state index is 13.9. The zero-order valence-electron chi connectivity index (χ0n) is 19.5. The highest BCUT2D eigenvalue weighted by molar-refractivity contribution is 9.10. The topological polar surface area (TPSA) is 136 Å². The van der Waals surface area contributed by atoms with Crippen LogP contribution < -0.4 is 5.32 Å². The number of amidine groups is 1. The smallest absolute Gasteiger partial charge is 0.463 e. The maximum atomic E-state index is 13.9. The number of carboxylic acid groups (broad SMARTS) is 1. The monoisotopic (exact) mass is 566 g/mol. The number of benzene rings is 1. The number of carbonyl (C=O) groups excluding carboxylic acids is 1.